The Morgan fingerprint density at radius 2 is 1.11 bits per heavy atom. The van der Waals surface area contributed by atoms with Crippen molar-refractivity contribution in [2.45, 2.75) is 50.6 Å². The number of hydrogen-bond donors (Lipinski definition) is 6. The van der Waals surface area contributed by atoms with Crippen molar-refractivity contribution in [1.82, 2.24) is 26.6 Å². The molecule has 0 bridgehead atoms. The van der Waals surface area contributed by atoms with Gasteiger partial charge in [-0.3, -0.25) is 19.2 Å². The van der Waals surface area contributed by atoms with Crippen LogP contribution >= 0.6 is 11.8 Å². The van der Waals surface area contributed by atoms with Crippen molar-refractivity contribution in [3.8, 4) is 5.75 Å². The molecular formula is C42H47N5O9S. The molecule has 3 atom stereocenters. The monoisotopic (exact) mass is 797 g/mol. The van der Waals surface area contributed by atoms with E-state index in [4.69, 9.17) is 9.47 Å². The summed E-state index contributed by atoms with van der Waals surface area (Å²) < 4.78 is 11.2. The molecule has 300 valence electrons. The fraction of sp³-hybridized carbons (Fsp3) is 0.286. The van der Waals surface area contributed by atoms with Crippen LogP contribution in [0.4, 0.5) is 4.79 Å². The van der Waals surface area contributed by atoms with Crippen LogP contribution in [-0.2, 0) is 54.8 Å². The number of carboxylic acids is 1. The summed E-state index contributed by atoms with van der Waals surface area (Å²) in [6.45, 7) is -0.711. The van der Waals surface area contributed by atoms with Gasteiger partial charge in [0.2, 0.25) is 23.6 Å². The second-order valence-electron chi connectivity index (χ2n) is 12.9. The molecule has 57 heavy (non-hydrogen) atoms. The summed E-state index contributed by atoms with van der Waals surface area (Å²) >= 11 is 1.44. The molecule has 4 aromatic rings. The predicted molar refractivity (Wildman–Crippen MR) is 215 cm³/mol. The molecule has 0 radical (unpaired) electrons. The minimum absolute atomic E-state index is 0.0229. The highest BCUT2D eigenvalue weighted by Gasteiger charge is 2.27. The number of thioether (sulfide) groups is 1. The van der Waals surface area contributed by atoms with E-state index in [-0.39, 0.29) is 25.9 Å². The summed E-state index contributed by atoms with van der Waals surface area (Å²) in [5.74, 6) is -2.86. The molecule has 6 N–H and O–H groups in total. The minimum atomic E-state index is -1.19. The van der Waals surface area contributed by atoms with Gasteiger partial charge in [-0.25, -0.2) is 9.59 Å². The van der Waals surface area contributed by atoms with Crippen molar-refractivity contribution in [2.24, 2.45) is 0 Å². The topological polar surface area (TPSA) is 201 Å². The summed E-state index contributed by atoms with van der Waals surface area (Å²) in [6.07, 6.45) is 1.30. The van der Waals surface area contributed by atoms with Gasteiger partial charge in [-0.2, -0.15) is 11.8 Å². The Morgan fingerprint density at radius 3 is 1.68 bits per heavy atom. The van der Waals surface area contributed by atoms with Gasteiger partial charge >= 0.3 is 12.1 Å². The lowest BCUT2D eigenvalue weighted by atomic mass is 10.0. The number of nitrogens with one attached hydrogen (secondary N) is 5. The van der Waals surface area contributed by atoms with Gasteiger partial charge in [0.05, 0.1) is 13.1 Å². The molecule has 15 heteroatoms. The smallest absolute Gasteiger partial charge is 0.408 e. The van der Waals surface area contributed by atoms with Gasteiger partial charge in [-0.15, -0.1) is 0 Å². The van der Waals surface area contributed by atoms with Crippen molar-refractivity contribution >= 4 is 47.5 Å². The molecule has 14 nitrogen and oxygen atoms in total. The number of benzene rings is 4. The van der Waals surface area contributed by atoms with Crippen LogP contribution in [0.5, 0.6) is 5.75 Å². The maximum absolute atomic E-state index is 13.4. The minimum Gasteiger partial charge on any atom is -0.489 e. The van der Waals surface area contributed by atoms with Crippen LogP contribution in [0.15, 0.2) is 115 Å². The molecule has 0 heterocycles. The van der Waals surface area contributed by atoms with E-state index in [0.717, 1.165) is 16.7 Å². The molecule has 0 spiro atoms. The third kappa shape index (κ3) is 16.1. The van der Waals surface area contributed by atoms with Crippen LogP contribution in [0, 0.1) is 0 Å². The van der Waals surface area contributed by atoms with Gasteiger partial charge in [0.1, 0.15) is 37.1 Å². The lowest BCUT2D eigenvalue weighted by Crippen LogP contribution is -2.54. The molecule has 0 unspecified atom stereocenters. The molecule has 0 aromatic heterocycles. The summed E-state index contributed by atoms with van der Waals surface area (Å²) in [5.41, 5.74) is 3.17. The van der Waals surface area contributed by atoms with Crippen LogP contribution in [0.25, 0.3) is 0 Å². The molecule has 0 aliphatic heterocycles. The average Bonchev–Trinajstić information content (AvgIpc) is 3.23. The van der Waals surface area contributed by atoms with E-state index in [1.165, 1.54) is 11.8 Å². The highest BCUT2D eigenvalue weighted by Crippen LogP contribution is 2.16. The maximum Gasteiger partial charge on any atom is 0.408 e. The van der Waals surface area contributed by atoms with E-state index in [9.17, 15) is 33.9 Å². The molecule has 5 amide bonds. The van der Waals surface area contributed by atoms with E-state index in [1.54, 1.807) is 78.9 Å². The Kier molecular flexibility index (Phi) is 17.9. The lowest BCUT2D eigenvalue weighted by molar-refractivity contribution is -0.142. The van der Waals surface area contributed by atoms with Gasteiger partial charge in [-0.05, 0) is 52.8 Å². The van der Waals surface area contributed by atoms with Crippen molar-refractivity contribution in [1.29, 1.82) is 0 Å². The number of carbonyl (C=O) groups is 6. The van der Waals surface area contributed by atoms with Crippen LogP contribution in [-0.4, -0.2) is 84.0 Å². The van der Waals surface area contributed by atoms with E-state index in [0.29, 0.717) is 23.7 Å². The van der Waals surface area contributed by atoms with E-state index in [2.05, 4.69) is 26.6 Å². The van der Waals surface area contributed by atoms with Gasteiger partial charge in [0.15, 0.2) is 0 Å². The van der Waals surface area contributed by atoms with Crippen molar-refractivity contribution in [2.75, 3.05) is 25.1 Å². The van der Waals surface area contributed by atoms with Gasteiger partial charge in [0, 0.05) is 12.8 Å². The number of alkyl carbamates (subject to hydrolysis) is 1. The first-order valence-electron chi connectivity index (χ1n) is 18.2. The third-order valence-electron chi connectivity index (χ3n) is 8.46. The molecule has 0 fully saturated rings. The molecule has 0 saturated carbocycles. The second kappa shape index (κ2) is 23.5. The van der Waals surface area contributed by atoms with Crippen LogP contribution in [0.1, 0.15) is 28.7 Å². The van der Waals surface area contributed by atoms with Crippen molar-refractivity contribution in [3.63, 3.8) is 0 Å². The molecule has 0 aliphatic carbocycles. The second-order valence-corrected chi connectivity index (χ2v) is 13.9. The van der Waals surface area contributed by atoms with Crippen LogP contribution < -0.4 is 31.3 Å². The quantitative estimate of drug-likeness (QED) is 0.0685. The van der Waals surface area contributed by atoms with Gasteiger partial charge in [0.25, 0.3) is 0 Å². The zero-order valence-corrected chi connectivity index (χ0v) is 32.3. The molecule has 4 aromatic carbocycles. The Balaban J connectivity index is 1.33. The molecule has 4 rings (SSSR count). The summed E-state index contributed by atoms with van der Waals surface area (Å²) in [5, 5.41) is 22.2. The summed E-state index contributed by atoms with van der Waals surface area (Å²) in [6, 6.07) is 31.2. The summed E-state index contributed by atoms with van der Waals surface area (Å²) in [7, 11) is 0. The SMILES string of the molecule is CSCC[C@H](NC(=O)[C@H](Cc1ccccc1)NC(=O)CNC(=O)CNC(=O)[C@H](Cc1ccc(OCc2ccccc2)cc1)NC(=O)OCc1ccccc1)C(=O)O. The number of ether oxygens (including phenoxy) is 2. The number of amides is 5. The Hall–Kier alpha value is -6.35. The number of carboxylic acid groups (broad SMARTS) is 1. The highest BCUT2D eigenvalue weighted by molar-refractivity contribution is 7.98. The Morgan fingerprint density at radius 1 is 0.579 bits per heavy atom. The largest absolute Gasteiger partial charge is 0.489 e. The van der Waals surface area contributed by atoms with Crippen LogP contribution in [0.3, 0.4) is 0 Å². The first-order chi connectivity index (χ1) is 27.6. The van der Waals surface area contributed by atoms with Crippen molar-refractivity contribution in [3.05, 3.63) is 138 Å². The zero-order valence-electron chi connectivity index (χ0n) is 31.5. The fourth-order valence-electron chi connectivity index (χ4n) is 5.42. The van der Waals surface area contributed by atoms with E-state index >= 15 is 0 Å². The Labute approximate surface area is 335 Å². The lowest BCUT2D eigenvalue weighted by Gasteiger charge is -2.22. The number of hydrogen-bond acceptors (Lipinski definition) is 9. The fourth-order valence-corrected chi connectivity index (χ4v) is 5.89. The van der Waals surface area contributed by atoms with Gasteiger partial charge < -0.3 is 41.2 Å². The van der Waals surface area contributed by atoms with E-state index in [1.807, 2.05) is 42.7 Å². The average molecular weight is 798 g/mol. The molecule has 0 aliphatic rings. The first-order valence-corrected chi connectivity index (χ1v) is 19.6. The molecular weight excluding hydrogens is 751 g/mol. The number of carbonyl (C=O) groups excluding carboxylic acids is 5. The molecule has 0 saturated heterocycles. The normalized spacial score (nSPS) is 12.2. The third-order valence-corrected chi connectivity index (χ3v) is 9.11. The van der Waals surface area contributed by atoms with Crippen molar-refractivity contribution < 1.29 is 43.3 Å². The standard InChI is InChI=1S/C42H47N5O9S/c1-57-22-21-34(41(52)53)46-40(51)36(23-29-11-5-2-6-12-29)45-38(49)26-43-37(48)25-44-39(50)35(47-42(54)56-28-32-15-9-4-10-16-32)24-30-17-19-33(20-18-30)55-27-31-13-7-3-8-14-31/h2-20,34-36H,21-28H2,1H3,(H,43,48)(H,44,50)(H,45,49)(H,46,51)(H,47,54)(H,52,53)/t34-,35-,36-/m0/s1. The van der Waals surface area contributed by atoms with Crippen LogP contribution in [0.2, 0.25) is 0 Å². The number of rotatable bonds is 22. The van der Waals surface area contributed by atoms with Gasteiger partial charge in [-0.1, -0.05) is 103 Å². The maximum atomic E-state index is 13.4. The zero-order chi connectivity index (χ0) is 40.8. The predicted octanol–water partition coefficient (Wildman–Crippen LogP) is 3.39. The first kappa shape index (κ1) is 43.4. The highest BCUT2D eigenvalue weighted by atomic mass is 32.2. The van der Waals surface area contributed by atoms with E-state index < -0.39 is 66.9 Å². The summed E-state index contributed by atoms with van der Waals surface area (Å²) in [4.78, 5) is 76.8. The number of aliphatic carboxylic acids is 1. The Bertz CT molecular complexity index is 1900.